The molecule has 0 spiro atoms. The first kappa shape index (κ1) is 14.3. The molecule has 0 aromatic rings. The van der Waals surface area contributed by atoms with Crippen LogP contribution in [0, 0.1) is 5.92 Å². The van der Waals surface area contributed by atoms with E-state index in [1.54, 1.807) is 0 Å². The molecule has 4 nitrogen and oxygen atoms in total. The molecule has 1 heterocycles. The topological polar surface area (TPSA) is 58.4 Å². The van der Waals surface area contributed by atoms with Crippen molar-refractivity contribution in [2.24, 2.45) is 11.7 Å². The van der Waals surface area contributed by atoms with Gasteiger partial charge in [-0.15, -0.1) is 0 Å². The second kappa shape index (κ2) is 5.30. The van der Waals surface area contributed by atoms with Crippen molar-refractivity contribution in [1.29, 1.82) is 0 Å². The van der Waals surface area contributed by atoms with Crippen molar-refractivity contribution in [2.75, 3.05) is 6.54 Å². The summed E-state index contributed by atoms with van der Waals surface area (Å²) in [5, 5.41) is 3.64. The van der Waals surface area contributed by atoms with Gasteiger partial charge in [-0.3, -0.25) is 15.0 Å². The molecule has 0 aromatic carbocycles. The van der Waals surface area contributed by atoms with E-state index < -0.39 is 5.54 Å². The van der Waals surface area contributed by atoms with Gasteiger partial charge < -0.3 is 5.73 Å². The first-order valence-electron chi connectivity index (χ1n) is 8.40. The molecule has 3 unspecified atom stereocenters. The lowest BCUT2D eigenvalue weighted by Crippen LogP contribution is -2.64. The molecule has 2 aliphatic carbocycles. The van der Waals surface area contributed by atoms with Gasteiger partial charge in [0.05, 0.1) is 0 Å². The lowest BCUT2D eigenvalue weighted by Gasteiger charge is -2.40. The molecule has 3 aliphatic rings. The fourth-order valence-corrected chi connectivity index (χ4v) is 3.95. The van der Waals surface area contributed by atoms with Crippen LogP contribution >= 0.6 is 0 Å². The third-order valence-electron chi connectivity index (χ3n) is 5.61. The number of carbonyl (C=O) groups is 1. The summed E-state index contributed by atoms with van der Waals surface area (Å²) in [5.74, 6) is 0.340. The van der Waals surface area contributed by atoms with Crippen molar-refractivity contribution in [3.8, 4) is 0 Å². The van der Waals surface area contributed by atoms with Gasteiger partial charge >= 0.3 is 0 Å². The van der Waals surface area contributed by atoms with Gasteiger partial charge in [0.25, 0.3) is 0 Å². The number of primary amides is 1. The zero-order valence-corrected chi connectivity index (χ0v) is 12.9. The molecule has 1 saturated heterocycles. The minimum absolute atomic E-state index is 0.124. The molecule has 114 valence electrons. The fraction of sp³-hybridized carbons (Fsp3) is 0.938. The minimum Gasteiger partial charge on any atom is -0.368 e. The molecular formula is C16H29N3O. The maximum atomic E-state index is 12.3. The van der Waals surface area contributed by atoms with E-state index >= 15 is 0 Å². The predicted octanol–water partition coefficient (Wildman–Crippen LogP) is 1.64. The highest BCUT2D eigenvalue weighted by atomic mass is 16.1. The Hall–Kier alpha value is -0.610. The SMILES string of the molecule is CCC1CCC(C)N1CC(NC1CC1)(C(N)=O)C1CC1. The molecule has 1 aliphatic heterocycles. The summed E-state index contributed by atoms with van der Waals surface area (Å²) in [4.78, 5) is 14.8. The Morgan fingerprint density at radius 2 is 1.95 bits per heavy atom. The zero-order chi connectivity index (χ0) is 14.3. The van der Waals surface area contributed by atoms with Crippen LogP contribution < -0.4 is 11.1 Å². The number of nitrogens with zero attached hydrogens (tertiary/aromatic N) is 1. The second-order valence-electron chi connectivity index (χ2n) is 7.19. The van der Waals surface area contributed by atoms with Crippen LogP contribution in [0.2, 0.25) is 0 Å². The normalized spacial score (nSPS) is 34.1. The highest BCUT2D eigenvalue weighted by Crippen LogP contribution is 2.43. The molecule has 3 fully saturated rings. The van der Waals surface area contributed by atoms with E-state index in [-0.39, 0.29) is 5.91 Å². The van der Waals surface area contributed by atoms with Crippen molar-refractivity contribution in [1.82, 2.24) is 10.2 Å². The van der Waals surface area contributed by atoms with E-state index in [1.165, 1.54) is 32.1 Å². The monoisotopic (exact) mass is 279 g/mol. The van der Waals surface area contributed by atoms with Crippen LogP contribution in [0.5, 0.6) is 0 Å². The van der Waals surface area contributed by atoms with Crippen LogP contribution in [0.15, 0.2) is 0 Å². The van der Waals surface area contributed by atoms with Gasteiger partial charge in [0.15, 0.2) is 0 Å². The number of nitrogens with two attached hydrogens (primary N) is 1. The van der Waals surface area contributed by atoms with E-state index in [4.69, 9.17) is 5.73 Å². The van der Waals surface area contributed by atoms with Crippen LogP contribution in [0.4, 0.5) is 0 Å². The smallest absolute Gasteiger partial charge is 0.239 e. The zero-order valence-electron chi connectivity index (χ0n) is 12.9. The van der Waals surface area contributed by atoms with Gasteiger partial charge in [-0.05, 0) is 57.8 Å². The molecule has 20 heavy (non-hydrogen) atoms. The summed E-state index contributed by atoms with van der Waals surface area (Å²) in [6.45, 7) is 5.38. The third-order valence-corrected chi connectivity index (χ3v) is 5.61. The molecule has 3 rings (SSSR count). The van der Waals surface area contributed by atoms with E-state index in [9.17, 15) is 4.79 Å². The van der Waals surface area contributed by atoms with E-state index in [2.05, 4.69) is 24.1 Å². The largest absolute Gasteiger partial charge is 0.368 e. The average Bonchev–Trinajstić information content (AvgIpc) is 3.30. The Labute approximate surface area is 122 Å². The Morgan fingerprint density at radius 3 is 2.45 bits per heavy atom. The van der Waals surface area contributed by atoms with Crippen molar-refractivity contribution in [2.45, 2.75) is 82.5 Å². The third kappa shape index (κ3) is 2.60. The lowest BCUT2D eigenvalue weighted by atomic mass is 9.90. The highest BCUT2D eigenvalue weighted by Gasteiger charge is 2.53. The molecular weight excluding hydrogens is 250 g/mol. The van der Waals surface area contributed by atoms with Crippen LogP contribution in [-0.4, -0.2) is 41.0 Å². The van der Waals surface area contributed by atoms with Crippen molar-refractivity contribution < 1.29 is 4.79 Å². The Kier molecular flexibility index (Phi) is 3.80. The molecule has 4 heteroatoms. The van der Waals surface area contributed by atoms with E-state index in [0.717, 1.165) is 19.4 Å². The van der Waals surface area contributed by atoms with Gasteiger partial charge in [0, 0.05) is 24.7 Å². The highest BCUT2D eigenvalue weighted by molar-refractivity contribution is 5.86. The fourth-order valence-electron chi connectivity index (χ4n) is 3.95. The summed E-state index contributed by atoms with van der Waals surface area (Å²) in [6.07, 6.45) is 8.40. The second-order valence-corrected chi connectivity index (χ2v) is 7.19. The summed E-state index contributed by atoms with van der Waals surface area (Å²) in [6, 6.07) is 1.74. The van der Waals surface area contributed by atoms with Crippen molar-refractivity contribution >= 4 is 5.91 Å². The molecule has 1 amide bonds. The van der Waals surface area contributed by atoms with E-state index in [0.29, 0.717) is 24.0 Å². The molecule has 3 atom stereocenters. The van der Waals surface area contributed by atoms with Gasteiger partial charge in [-0.2, -0.15) is 0 Å². The summed E-state index contributed by atoms with van der Waals surface area (Å²) in [7, 11) is 0. The number of rotatable bonds is 7. The lowest BCUT2D eigenvalue weighted by molar-refractivity contribution is -0.126. The first-order chi connectivity index (χ1) is 9.56. The number of amides is 1. The molecule has 3 N–H and O–H groups in total. The average molecular weight is 279 g/mol. The maximum Gasteiger partial charge on any atom is 0.239 e. The number of likely N-dealkylation sites (tertiary alicyclic amines) is 1. The summed E-state index contributed by atoms with van der Waals surface area (Å²) in [5.41, 5.74) is 5.41. The van der Waals surface area contributed by atoms with Crippen LogP contribution in [0.1, 0.15) is 58.8 Å². The number of carbonyl (C=O) groups excluding carboxylic acids is 1. The quantitative estimate of drug-likeness (QED) is 0.745. The van der Waals surface area contributed by atoms with Gasteiger partial charge in [0.1, 0.15) is 5.54 Å². The minimum atomic E-state index is -0.465. The van der Waals surface area contributed by atoms with Gasteiger partial charge in [0.2, 0.25) is 5.91 Å². The predicted molar refractivity (Wildman–Crippen MR) is 80.3 cm³/mol. The Balaban J connectivity index is 1.79. The summed E-state index contributed by atoms with van der Waals surface area (Å²) >= 11 is 0. The Morgan fingerprint density at radius 1 is 1.25 bits per heavy atom. The number of hydrogen-bond acceptors (Lipinski definition) is 3. The molecule has 0 aromatic heterocycles. The first-order valence-corrected chi connectivity index (χ1v) is 8.40. The maximum absolute atomic E-state index is 12.3. The molecule has 2 saturated carbocycles. The molecule has 0 radical (unpaired) electrons. The van der Waals surface area contributed by atoms with Crippen molar-refractivity contribution in [3.63, 3.8) is 0 Å². The van der Waals surface area contributed by atoms with Gasteiger partial charge in [-0.25, -0.2) is 0 Å². The molecule has 0 bridgehead atoms. The van der Waals surface area contributed by atoms with Gasteiger partial charge in [-0.1, -0.05) is 6.92 Å². The number of hydrogen-bond donors (Lipinski definition) is 2. The Bertz CT molecular complexity index is 378. The standard InChI is InChI=1S/C16H29N3O/c1-3-14-9-4-11(2)19(14)10-16(15(17)20,12-5-6-12)18-13-7-8-13/h11-14,18H,3-10H2,1-2H3,(H2,17,20). The summed E-state index contributed by atoms with van der Waals surface area (Å²) < 4.78 is 0. The van der Waals surface area contributed by atoms with Crippen LogP contribution in [-0.2, 0) is 4.79 Å². The van der Waals surface area contributed by atoms with Crippen LogP contribution in [0.3, 0.4) is 0 Å². The number of nitrogens with one attached hydrogen (secondary N) is 1. The van der Waals surface area contributed by atoms with Crippen molar-refractivity contribution in [3.05, 3.63) is 0 Å². The van der Waals surface area contributed by atoms with Crippen LogP contribution in [0.25, 0.3) is 0 Å². The van der Waals surface area contributed by atoms with E-state index in [1.807, 2.05) is 0 Å².